The number of hydrogen-bond acceptors (Lipinski definition) is 3. The number of aromatic amines is 1. The Balaban J connectivity index is 1.44. The highest BCUT2D eigenvalue weighted by Gasteiger charge is 2.22. The number of fused-ring (bicyclic) bond motifs is 2. The Bertz CT molecular complexity index is 862. The molecule has 0 fully saturated rings. The lowest BCUT2D eigenvalue weighted by atomic mass is 9.93. The van der Waals surface area contributed by atoms with Crippen molar-refractivity contribution in [3.8, 4) is 0 Å². The number of H-pyrrole nitrogens is 1. The molecule has 2 aromatic heterocycles. The maximum Gasteiger partial charge on any atom is 0.224 e. The van der Waals surface area contributed by atoms with Crippen LogP contribution in [0.4, 0.5) is 0 Å². The van der Waals surface area contributed by atoms with Gasteiger partial charge in [-0.05, 0) is 37.0 Å². The summed E-state index contributed by atoms with van der Waals surface area (Å²) in [4.78, 5) is 12.4. The van der Waals surface area contributed by atoms with Crippen LogP contribution in [-0.4, -0.2) is 22.1 Å². The van der Waals surface area contributed by atoms with E-state index >= 15 is 0 Å². The minimum atomic E-state index is 0.0428. The first-order chi connectivity index (χ1) is 11.2. The van der Waals surface area contributed by atoms with Gasteiger partial charge in [0.15, 0.2) is 0 Å². The maximum atomic E-state index is 12.4. The van der Waals surface area contributed by atoms with Crippen LogP contribution in [0.3, 0.4) is 0 Å². The summed E-state index contributed by atoms with van der Waals surface area (Å²) in [6, 6.07) is 6.24. The van der Waals surface area contributed by atoms with Crippen LogP contribution in [0, 0.1) is 6.92 Å². The molecule has 1 aliphatic carbocycles. The number of carbonyl (C=O) groups excluding carboxylic acids is 1. The number of nitrogens with zero attached hydrogens (tertiary/aromatic N) is 1. The first kappa shape index (κ1) is 14.1. The highest BCUT2D eigenvalue weighted by Crippen LogP contribution is 2.23. The van der Waals surface area contributed by atoms with E-state index in [1.165, 1.54) is 5.56 Å². The lowest BCUT2D eigenvalue weighted by Crippen LogP contribution is -2.39. The number of aryl methyl sites for hydroxylation is 2. The predicted molar refractivity (Wildman–Crippen MR) is 87.2 cm³/mol. The SMILES string of the molecule is Cc1ccc2c(CC(=O)N[C@@H]3CCc4cn[nH]c4C3)coc2c1. The topological polar surface area (TPSA) is 70.9 Å². The van der Waals surface area contributed by atoms with E-state index in [2.05, 4.69) is 15.5 Å². The van der Waals surface area contributed by atoms with Crippen LogP contribution >= 0.6 is 0 Å². The molecular weight excluding hydrogens is 290 g/mol. The molecule has 1 aliphatic rings. The van der Waals surface area contributed by atoms with Crippen molar-refractivity contribution < 1.29 is 9.21 Å². The molecule has 1 atom stereocenters. The number of benzene rings is 1. The molecule has 0 radical (unpaired) electrons. The van der Waals surface area contributed by atoms with Gasteiger partial charge in [-0.3, -0.25) is 9.89 Å². The van der Waals surface area contributed by atoms with Crippen molar-refractivity contribution in [2.75, 3.05) is 0 Å². The largest absolute Gasteiger partial charge is 0.464 e. The second-order valence-electron chi connectivity index (χ2n) is 6.32. The van der Waals surface area contributed by atoms with Crippen LogP contribution in [-0.2, 0) is 24.1 Å². The third-order valence-electron chi connectivity index (χ3n) is 4.55. The molecule has 0 bridgehead atoms. The van der Waals surface area contributed by atoms with E-state index in [4.69, 9.17) is 4.42 Å². The van der Waals surface area contributed by atoms with Gasteiger partial charge in [-0.25, -0.2) is 0 Å². The van der Waals surface area contributed by atoms with Gasteiger partial charge in [0.05, 0.1) is 18.9 Å². The van der Waals surface area contributed by atoms with Gasteiger partial charge >= 0.3 is 0 Å². The zero-order valence-corrected chi connectivity index (χ0v) is 13.1. The molecule has 2 heterocycles. The minimum absolute atomic E-state index is 0.0428. The van der Waals surface area contributed by atoms with E-state index < -0.39 is 0 Å². The molecule has 0 saturated heterocycles. The Hall–Kier alpha value is -2.56. The molecule has 5 nitrogen and oxygen atoms in total. The van der Waals surface area contributed by atoms with Crippen LogP contribution in [0.5, 0.6) is 0 Å². The Morgan fingerprint density at radius 1 is 1.48 bits per heavy atom. The number of amides is 1. The lowest BCUT2D eigenvalue weighted by molar-refractivity contribution is -0.121. The van der Waals surface area contributed by atoms with Gasteiger partial charge in [0.2, 0.25) is 5.91 Å². The molecule has 5 heteroatoms. The summed E-state index contributed by atoms with van der Waals surface area (Å²) >= 11 is 0. The molecule has 0 spiro atoms. The fourth-order valence-corrected chi connectivity index (χ4v) is 3.31. The van der Waals surface area contributed by atoms with Crippen molar-refractivity contribution in [2.45, 2.75) is 38.6 Å². The third-order valence-corrected chi connectivity index (χ3v) is 4.55. The Labute approximate surface area is 134 Å². The van der Waals surface area contributed by atoms with E-state index in [9.17, 15) is 4.79 Å². The van der Waals surface area contributed by atoms with E-state index in [1.807, 2.05) is 31.3 Å². The molecule has 0 saturated carbocycles. The van der Waals surface area contributed by atoms with E-state index in [0.29, 0.717) is 6.42 Å². The van der Waals surface area contributed by atoms with Gasteiger partial charge in [0, 0.05) is 29.1 Å². The zero-order valence-electron chi connectivity index (χ0n) is 13.1. The van der Waals surface area contributed by atoms with E-state index in [0.717, 1.165) is 47.1 Å². The summed E-state index contributed by atoms with van der Waals surface area (Å²) < 4.78 is 5.56. The summed E-state index contributed by atoms with van der Waals surface area (Å²) in [6.45, 7) is 2.03. The first-order valence-corrected chi connectivity index (χ1v) is 7.96. The van der Waals surface area contributed by atoms with Crippen molar-refractivity contribution in [1.82, 2.24) is 15.5 Å². The van der Waals surface area contributed by atoms with Gasteiger partial charge in [0.1, 0.15) is 5.58 Å². The summed E-state index contributed by atoms with van der Waals surface area (Å²) in [7, 11) is 0. The van der Waals surface area contributed by atoms with Gasteiger partial charge in [0.25, 0.3) is 0 Å². The number of aromatic nitrogens is 2. The Morgan fingerprint density at radius 3 is 3.30 bits per heavy atom. The van der Waals surface area contributed by atoms with Crippen molar-refractivity contribution >= 4 is 16.9 Å². The molecule has 23 heavy (non-hydrogen) atoms. The molecule has 4 rings (SSSR count). The second kappa shape index (κ2) is 5.57. The summed E-state index contributed by atoms with van der Waals surface area (Å²) in [5, 5.41) is 11.2. The monoisotopic (exact) mass is 309 g/mol. The quantitative estimate of drug-likeness (QED) is 0.781. The number of carbonyl (C=O) groups is 1. The fraction of sp³-hybridized carbons (Fsp3) is 0.333. The summed E-state index contributed by atoms with van der Waals surface area (Å²) in [6.07, 6.45) is 6.67. The number of hydrogen-bond donors (Lipinski definition) is 2. The van der Waals surface area contributed by atoms with Gasteiger partial charge in [-0.1, -0.05) is 12.1 Å². The fourth-order valence-electron chi connectivity index (χ4n) is 3.31. The Kier molecular flexibility index (Phi) is 3.41. The van der Waals surface area contributed by atoms with Crippen molar-refractivity contribution in [3.63, 3.8) is 0 Å². The standard InChI is InChI=1S/C18H19N3O2/c1-11-2-5-15-13(10-23-17(15)6-11)7-18(22)20-14-4-3-12-9-19-21-16(12)8-14/h2,5-6,9-10,14H,3-4,7-8H2,1H3,(H,19,21)(H,20,22)/t14-/m1/s1. The molecular formula is C18H19N3O2. The highest BCUT2D eigenvalue weighted by molar-refractivity contribution is 5.88. The number of furan rings is 1. The molecule has 2 N–H and O–H groups in total. The summed E-state index contributed by atoms with van der Waals surface area (Å²) in [5.74, 6) is 0.0428. The lowest BCUT2D eigenvalue weighted by Gasteiger charge is -2.22. The second-order valence-corrected chi connectivity index (χ2v) is 6.32. The van der Waals surface area contributed by atoms with Crippen molar-refractivity contribution in [1.29, 1.82) is 0 Å². The third kappa shape index (κ3) is 2.74. The normalized spacial score (nSPS) is 17.2. The smallest absolute Gasteiger partial charge is 0.224 e. The van der Waals surface area contributed by atoms with Gasteiger partial charge < -0.3 is 9.73 Å². The minimum Gasteiger partial charge on any atom is -0.464 e. The van der Waals surface area contributed by atoms with Crippen LogP contribution < -0.4 is 5.32 Å². The molecule has 3 aromatic rings. The van der Waals surface area contributed by atoms with Crippen LogP contribution in [0.15, 0.2) is 35.1 Å². The van der Waals surface area contributed by atoms with E-state index in [-0.39, 0.29) is 11.9 Å². The van der Waals surface area contributed by atoms with Crippen LogP contribution in [0.25, 0.3) is 11.0 Å². The predicted octanol–water partition coefficient (Wildman–Crippen LogP) is 2.68. The highest BCUT2D eigenvalue weighted by atomic mass is 16.3. The van der Waals surface area contributed by atoms with Gasteiger partial charge in [-0.15, -0.1) is 0 Å². The first-order valence-electron chi connectivity index (χ1n) is 7.96. The van der Waals surface area contributed by atoms with E-state index in [1.54, 1.807) is 6.26 Å². The summed E-state index contributed by atoms with van der Waals surface area (Å²) in [5.41, 5.74) is 5.35. The van der Waals surface area contributed by atoms with Gasteiger partial charge in [-0.2, -0.15) is 5.10 Å². The maximum absolute atomic E-state index is 12.4. The van der Waals surface area contributed by atoms with Crippen LogP contribution in [0.1, 0.15) is 28.8 Å². The van der Waals surface area contributed by atoms with Crippen LogP contribution in [0.2, 0.25) is 0 Å². The molecule has 118 valence electrons. The van der Waals surface area contributed by atoms with Crippen molar-refractivity contribution in [3.05, 3.63) is 53.0 Å². The number of rotatable bonds is 3. The molecule has 0 aliphatic heterocycles. The van der Waals surface area contributed by atoms with Crippen molar-refractivity contribution in [2.24, 2.45) is 0 Å². The zero-order chi connectivity index (χ0) is 15.8. The molecule has 0 unspecified atom stereocenters. The molecule has 1 aromatic carbocycles. The number of nitrogens with one attached hydrogen (secondary N) is 2. The average Bonchev–Trinajstić information content (AvgIpc) is 3.13. The Morgan fingerprint density at radius 2 is 2.39 bits per heavy atom. The average molecular weight is 309 g/mol. The molecule has 1 amide bonds.